The molecule has 0 fully saturated rings. The quantitative estimate of drug-likeness (QED) is 0.399. The molecule has 0 radical (unpaired) electrons. The molecular formula is C8H14I2. The minimum absolute atomic E-state index is 0.454. The van der Waals surface area contributed by atoms with Gasteiger partial charge >= 0.3 is 0 Å². The molecule has 60 valence electrons. The van der Waals surface area contributed by atoms with Crippen molar-refractivity contribution in [3.05, 3.63) is 12.7 Å². The van der Waals surface area contributed by atoms with E-state index in [0.29, 0.717) is 7.35 Å². The van der Waals surface area contributed by atoms with E-state index in [4.69, 9.17) is 0 Å². The molecule has 0 aliphatic heterocycles. The van der Waals surface area contributed by atoms with Crippen LogP contribution in [0.25, 0.3) is 0 Å². The molecule has 0 nitrogen and oxygen atoms in total. The minimum atomic E-state index is 0.454. The standard InChI is InChI=1S/C8H14I2/c1-4-5-6-8(2,3)7(9)10/h4,7H,1,5-6H2,2-3H3. The Bertz CT molecular complexity index is 106. The molecule has 0 heterocycles. The maximum absolute atomic E-state index is 3.72. The molecule has 0 aliphatic carbocycles. The molecule has 0 aromatic heterocycles. The molecule has 0 spiro atoms. The van der Waals surface area contributed by atoms with Crippen LogP contribution in [0.1, 0.15) is 26.7 Å². The summed E-state index contributed by atoms with van der Waals surface area (Å²) in [6.45, 7) is 8.33. The molecule has 0 bridgehead atoms. The molecule has 0 rings (SSSR count). The van der Waals surface area contributed by atoms with Crippen LogP contribution in [0.15, 0.2) is 12.7 Å². The van der Waals surface area contributed by atoms with Crippen molar-refractivity contribution in [3.63, 3.8) is 0 Å². The average Bonchev–Trinajstić information content (AvgIpc) is 1.84. The Hall–Kier alpha value is 1.20. The van der Waals surface area contributed by atoms with Crippen molar-refractivity contribution in [1.82, 2.24) is 0 Å². The van der Waals surface area contributed by atoms with Crippen LogP contribution in [0.4, 0.5) is 0 Å². The van der Waals surface area contributed by atoms with E-state index in [1.165, 1.54) is 6.42 Å². The largest absolute Gasteiger partial charge is 0.103 e. The molecule has 0 unspecified atom stereocenters. The second kappa shape index (κ2) is 4.95. The maximum atomic E-state index is 3.72. The van der Waals surface area contributed by atoms with E-state index in [2.05, 4.69) is 65.6 Å². The van der Waals surface area contributed by atoms with Crippen LogP contribution in [-0.2, 0) is 0 Å². The first kappa shape index (κ1) is 11.2. The molecule has 0 saturated heterocycles. The van der Waals surface area contributed by atoms with Gasteiger partial charge in [0.25, 0.3) is 0 Å². The summed E-state index contributed by atoms with van der Waals surface area (Å²) >= 11 is 4.95. The number of hydrogen-bond acceptors (Lipinski definition) is 0. The van der Waals surface area contributed by atoms with Gasteiger partial charge in [0.2, 0.25) is 0 Å². The maximum Gasteiger partial charge on any atom is 0.0677 e. The highest BCUT2D eigenvalue weighted by Crippen LogP contribution is 2.36. The highest BCUT2D eigenvalue weighted by molar-refractivity contribution is 14.2. The lowest BCUT2D eigenvalue weighted by Crippen LogP contribution is -2.18. The van der Waals surface area contributed by atoms with Crippen molar-refractivity contribution in [2.45, 2.75) is 28.6 Å². The van der Waals surface area contributed by atoms with Crippen molar-refractivity contribution >= 4 is 45.2 Å². The molecule has 0 aromatic carbocycles. The molecular weight excluding hydrogens is 350 g/mol. The van der Waals surface area contributed by atoms with E-state index in [-0.39, 0.29) is 0 Å². The van der Waals surface area contributed by atoms with Gasteiger partial charge in [0.15, 0.2) is 0 Å². The van der Waals surface area contributed by atoms with Gasteiger partial charge in [-0.05, 0) is 18.3 Å². The molecule has 2 heteroatoms. The van der Waals surface area contributed by atoms with Crippen LogP contribution < -0.4 is 0 Å². The van der Waals surface area contributed by atoms with Crippen molar-refractivity contribution < 1.29 is 0 Å². The highest BCUT2D eigenvalue weighted by atomic mass is 127. The van der Waals surface area contributed by atoms with Gasteiger partial charge in [-0.3, -0.25) is 0 Å². The van der Waals surface area contributed by atoms with E-state index in [9.17, 15) is 0 Å². The Morgan fingerprint density at radius 3 is 2.30 bits per heavy atom. The fourth-order valence-electron chi connectivity index (χ4n) is 0.583. The topological polar surface area (TPSA) is 0 Å². The van der Waals surface area contributed by atoms with E-state index < -0.39 is 0 Å². The van der Waals surface area contributed by atoms with Gasteiger partial charge < -0.3 is 0 Å². The lowest BCUT2D eigenvalue weighted by molar-refractivity contribution is 0.389. The minimum Gasteiger partial charge on any atom is -0.103 e. The summed E-state index contributed by atoms with van der Waals surface area (Å²) in [5.41, 5.74) is 0.454. The van der Waals surface area contributed by atoms with Gasteiger partial charge in [-0.1, -0.05) is 65.1 Å². The third-order valence-electron chi connectivity index (χ3n) is 1.58. The summed E-state index contributed by atoms with van der Waals surface area (Å²) in [5, 5.41) is 0. The van der Waals surface area contributed by atoms with Crippen LogP contribution in [-0.4, -0.2) is 1.93 Å². The Morgan fingerprint density at radius 2 is 2.00 bits per heavy atom. The third-order valence-corrected chi connectivity index (χ3v) is 4.96. The molecule has 0 amide bonds. The summed E-state index contributed by atoms with van der Waals surface area (Å²) in [6.07, 6.45) is 4.37. The van der Waals surface area contributed by atoms with Crippen LogP contribution in [0.3, 0.4) is 0 Å². The summed E-state index contributed by atoms with van der Waals surface area (Å²) in [7, 11) is 0. The smallest absolute Gasteiger partial charge is 0.0677 e. The fourth-order valence-corrected chi connectivity index (χ4v) is 1.21. The summed E-state index contributed by atoms with van der Waals surface area (Å²) < 4.78 is 0.711. The van der Waals surface area contributed by atoms with Crippen LogP contribution >= 0.6 is 45.2 Å². The van der Waals surface area contributed by atoms with Crippen LogP contribution in [0.5, 0.6) is 0 Å². The molecule has 0 aromatic rings. The van der Waals surface area contributed by atoms with Crippen molar-refractivity contribution in [3.8, 4) is 0 Å². The van der Waals surface area contributed by atoms with E-state index in [0.717, 1.165) is 6.42 Å². The Balaban J connectivity index is 3.74. The summed E-state index contributed by atoms with van der Waals surface area (Å²) in [4.78, 5) is 0. The van der Waals surface area contributed by atoms with Gasteiger partial charge in [-0.15, -0.1) is 6.58 Å². The van der Waals surface area contributed by atoms with Gasteiger partial charge in [0, 0.05) is 0 Å². The van der Waals surface area contributed by atoms with Gasteiger partial charge in [0.05, 0.1) is 1.93 Å². The normalized spacial score (nSPS) is 12.1. The van der Waals surface area contributed by atoms with E-state index in [1.807, 2.05) is 6.08 Å². The fraction of sp³-hybridized carbons (Fsp3) is 0.750. The van der Waals surface area contributed by atoms with Crippen LogP contribution in [0.2, 0.25) is 0 Å². The van der Waals surface area contributed by atoms with Crippen molar-refractivity contribution in [2.24, 2.45) is 5.41 Å². The molecule has 0 aliphatic rings. The average molecular weight is 364 g/mol. The number of rotatable bonds is 4. The van der Waals surface area contributed by atoms with Gasteiger partial charge in [0.1, 0.15) is 0 Å². The SMILES string of the molecule is C=CCCC(C)(C)C(I)I. The van der Waals surface area contributed by atoms with E-state index >= 15 is 0 Å². The number of alkyl halides is 2. The number of allylic oxidation sites excluding steroid dienone is 1. The highest BCUT2D eigenvalue weighted by Gasteiger charge is 2.23. The first-order valence-electron chi connectivity index (χ1n) is 3.40. The molecule has 0 saturated carbocycles. The zero-order valence-electron chi connectivity index (χ0n) is 6.53. The second-order valence-corrected chi connectivity index (χ2v) is 7.99. The lowest BCUT2D eigenvalue weighted by atomic mass is 9.91. The lowest BCUT2D eigenvalue weighted by Gasteiger charge is -2.25. The Morgan fingerprint density at radius 1 is 1.50 bits per heavy atom. The van der Waals surface area contributed by atoms with Gasteiger partial charge in [-0.25, -0.2) is 0 Å². The summed E-state index contributed by atoms with van der Waals surface area (Å²) in [6, 6.07) is 0. The van der Waals surface area contributed by atoms with Crippen molar-refractivity contribution in [1.29, 1.82) is 0 Å². The van der Waals surface area contributed by atoms with Gasteiger partial charge in [-0.2, -0.15) is 0 Å². The zero-order chi connectivity index (χ0) is 8.20. The zero-order valence-corrected chi connectivity index (χ0v) is 10.8. The predicted octanol–water partition coefficient (Wildman–Crippen LogP) is 4.17. The molecule has 0 N–H and O–H groups in total. The first-order chi connectivity index (χ1) is 4.50. The number of halogens is 2. The third kappa shape index (κ3) is 4.16. The predicted molar refractivity (Wildman–Crippen MR) is 65.0 cm³/mol. The summed E-state index contributed by atoms with van der Waals surface area (Å²) in [5.74, 6) is 0. The Kier molecular flexibility index (Phi) is 5.55. The molecule has 10 heavy (non-hydrogen) atoms. The Labute approximate surface area is 91.1 Å². The van der Waals surface area contributed by atoms with Crippen LogP contribution in [0, 0.1) is 5.41 Å². The molecule has 0 atom stereocenters. The second-order valence-electron chi connectivity index (χ2n) is 3.12. The van der Waals surface area contributed by atoms with Crippen molar-refractivity contribution in [2.75, 3.05) is 0 Å². The first-order valence-corrected chi connectivity index (χ1v) is 5.89. The number of hydrogen-bond donors (Lipinski definition) is 0. The monoisotopic (exact) mass is 364 g/mol. The van der Waals surface area contributed by atoms with E-state index in [1.54, 1.807) is 0 Å².